The van der Waals surface area contributed by atoms with Crippen molar-refractivity contribution in [2.45, 2.75) is 13.0 Å². The van der Waals surface area contributed by atoms with Gasteiger partial charge in [0, 0.05) is 28.1 Å². The van der Waals surface area contributed by atoms with E-state index >= 15 is 0 Å². The van der Waals surface area contributed by atoms with Crippen LogP contribution in [0.1, 0.15) is 11.3 Å². The van der Waals surface area contributed by atoms with Gasteiger partial charge in [-0.05, 0) is 19.0 Å². The molecule has 100 valence electrons. The Labute approximate surface area is 120 Å². The normalized spacial score (nSPS) is 20.2. The van der Waals surface area contributed by atoms with E-state index in [1.54, 1.807) is 11.3 Å². The summed E-state index contributed by atoms with van der Waals surface area (Å²) in [6.07, 6.45) is 0.734. The molecule has 1 unspecified atom stereocenters. The first-order valence-electron chi connectivity index (χ1n) is 6.26. The molecule has 5 heteroatoms. The van der Waals surface area contributed by atoms with E-state index in [2.05, 4.69) is 11.0 Å². The average Bonchev–Trinajstić information content (AvgIpc) is 2.97. The van der Waals surface area contributed by atoms with Crippen molar-refractivity contribution in [2.24, 2.45) is 5.92 Å². The molecule has 2 heterocycles. The summed E-state index contributed by atoms with van der Waals surface area (Å²) in [7, 11) is 0. The smallest absolute Gasteiger partial charge is 0.307 e. The lowest BCUT2D eigenvalue weighted by Gasteiger charge is -2.13. The Morgan fingerprint density at radius 2 is 2.26 bits per heavy atom. The standard InChI is InChI=1S/C14H14ClNO2S/c15-13-10-3-1-2-4-11(10)19-12(13)8-16-6-5-9(7-16)14(17)18/h1-4,9H,5-8H2,(H,17,18). The van der Waals surface area contributed by atoms with Gasteiger partial charge in [0.15, 0.2) is 0 Å². The second-order valence-electron chi connectivity index (χ2n) is 4.89. The third-order valence-corrected chi connectivity index (χ3v) is 5.29. The van der Waals surface area contributed by atoms with Crippen LogP contribution in [0, 0.1) is 5.92 Å². The maximum Gasteiger partial charge on any atom is 0.307 e. The summed E-state index contributed by atoms with van der Waals surface area (Å²) >= 11 is 8.10. The van der Waals surface area contributed by atoms with Crippen molar-refractivity contribution in [1.82, 2.24) is 4.90 Å². The molecule has 0 radical (unpaired) electrons. The monoisotopic (exact) mass is 295 g/mol. The summed E-state index contributed by atoms with van der Waals surface area (Å²) in [4.78, 5) is 14.3. The fraction of sp³-hybridized carbons (Fsp3) is 0.357. The summed E-state index contributed by atoms with van der Waals surface area (Å²) in [5.41, 5.74) is 0. The van der Waals surface area contributed by atoms with Crippen molar-refractivity contribution in [1.29, 1.82) is 0 Å². The third-order valence-electron chi connectivity index (χ3n) is 3.59. The minimum Gasteiger partial charge on any atom is -0.481 e. The van der Waals surface area contributed by atoms with E-state index in [1.807, 2.05) is 18.2 Å². The number of carboxylic acids is 1. The zero-order valence-corrected chi connectivity index (χ0v) is 11.9. The SMILES string of the molecule is O=C(O)C1CCN(Cc2sc3ccccc3c2Cl)C1. The number of thiophene rings is 1. The molecule has 19 heavy (non-hydrogen) atoms. The molecule has 1 aliphatic rings. The number of hydrogen-bond acceptors (Lipinski definition) is 3. The van der Waals surface area contributed by atoms with Gasteiger partial charge in [0.25, 0.3) is 0 Å². The van der Waals surface area contributed by atoms with Crippen molar-refractivity contribution in [3.63, 3.8) is 0 Å². The van der Waals surface area contributed by atoms with Gasteiger partial charge in [-0.15, -0.1) is 11.3 Å². The Morgan fingerprint density at radius 3 is 2.95 bits per heavy atom. The zero-order chi connectivity index (χ0) is 13.4. The molecule has 3 rings (SSSR count). The van der Waals surface area contributed by atoms with Crippen LogP contribution >= 0.6 is 22.9 Å². The van der Waals surface area contributed by atoms with Gasteiger partial charge in [0.2, 0.25) is 0 Å². The van der Waals surface area contributed by atoms with Crippen LogP contribution in [0.4, 0.5) is 0 Å². The van der Waals surface area contributed by atoms with Gasteiger partial charge < -0.3 is 5.11 Å². The second-order valence-corrected chi connectivity index (χ2v) is 6.41. The Kier molecular flexibility index (Phi) is 3.48. The number of fused-ring (bicyclic) bond motifs is 1. The minimum atomic E-state index is -0.690. The van der Waals surface area contributed by atoms with E-state index in [4.69, 9.17) is 16.7 Å². The highest BCUT2D eigenvalue weighted by Gasteiger charge is 2.28. The molecule has 0 amide bonds. The Hall–Kier alpha value is -1.10. The van der Waals surface area contributed by atoms with Gasteiger partial charge in [-0.1, -0.05) is 29.8 Å². The fourth-order valence-electron chi connectivity index (χ4n) is 2.55. The summed E-state index contributed by atoms with van der Waals surface area (Å²) in [5, 5.41) is 10.9. The van der Waals surface area contributed by atoms with Crippen molar-refractivity contribution in [3.8, 4) is 0 Å². The van der Waals surface area contributed by atoms with Gasteiger partial charge in [0.1, 0.15) is 0 Å². The number of aliphatic carboxylic acids is 1. The number of nitrogens with zero attached hydrogens (tertiary/aromatic N) is 1. The summed E-state index contributed by atoms with van der Waals surface area (Å²) in [5.74, 6) is -0.918. The molecule has 1 N–H and O–H groups in total. The predicted molar refractivity (Wildman–Crippen MR) is 77.9 cm³/mol. The first-order chi connectivity index (χ1) is 9.15. The van der Waals surface area contributed by atoms with Crippen LogP contribution in [0.15, 0.2) is 24.3 Å². The van der Waals surface area contributed by atoms with Crippen LogP contribution in [-0.4, -0.2) is 29.1 Å². The molecule has 3 nitrogen and oxygen atoms in total. The predicted octanol–water partition coefficient (Wildman–Crippen LogP) is 3.46. The first-order valence-corrected chi connectivity index (χ1v) is 7.45. The number of benzene rings is 1. The molecular weight excluding hydrogens is 282 g/mol. The number of carboxylic acid groups (broad SMARTS) is 1. The van der Waals surface area contributed by atoms with Crippen LogP contribution in [-0.2, 0) is 11.3 Å². The van der Waals surface area contributed by atoms with Crippen LogP contribution in [0.25, 0.3) is 10.1 Å². The maximum absolute atomic E-state index is 11.0. The second kappa shape index (κ2) is 5.12. The van der Waals surface area contributed by atoms with E-state index in [0.717, 1.165) is 34.8 Å². The molecule has 0 bridgehead atoms. The van der Waals surface area contributed by atoms with Gasteiger partial charge in [-0.3, -0.25) is 9.69 Å². The molecule has 0 spiro atoms. The van der Waals surface area contributed by atoms with Gasteiger partial charge >= 0.3 is 5.97 Å². The average molecular weight is 296 g/mol. The third kappa shape index (κ3) is 2.48. The lowest BCUT2D eigenvalue weighted by atomic mass is 10.1. The Balaban J connectivity index is 1.79. The highest BCUT2D eigenvalue weighted by atomic mass is 35.5. The molecule has 1 atom stereocenters. The van der Waals surface area contributed by atoms with E-state index in [-0.39, 0.29) is 5.92 Å². The molecule has 2 aromatic rings. The summed E-state index contributed by atoms with van der Waals surface area (Å²) in [6.45, 7) is 2.21. The maximum atomic E-state index is 11.0. The summed E-state index contributed by atoms with van der Waals surface area (Å²) in [6, 6.07) is 8.09. The van der Waals surface area contributed by atoms with E-state index in [9.17, 15) is 4.79 Å². The highest BCUT2D eigenvalue weighted by molar-refractivity contribution is 7.19. The number of hydrogen-bond donors (Lipinski definition) is 1. The molecular formula is C14H14ClNO2S. The van der Waals surface area contributed by atoms with Gasteiger partial charge in [0.05, 0.1) is 10.9 Å². The van der Waals surface area contributed by atoms with E-state index < -0.39 is 5.97 Å². The van der Waals surface area contributed by atoms with Crippen LogP contribution < -0.4 is 0 Å². The van der Waals surface area contributed by atoms with Crippen LogP contribution in [0.3, 0.4) is 0 Å². The van der Waals surface area contributed by atoms with E-state index in [1.165, 1.54) is 4.70 Å². The van der Waals surface area contributed by atoms with Crippen molar-refractivity contribution in [3.05, 3.63) is 34.2 Å². The van der Waals surface area contributed by atoms with Gasteiger partial charge in [-0.2, -0.15) is 0 Å². The lowest BCUT2D eigenvalue weighted by molar-refractivity contribution is -0.141. The Morgan fingerprint density at radius 1 is 1.47 bits per heavy atom. The van der Waals surface area contributed by atoms with E-state index in [0.29, 0.717) is 6.54 Å². The van der Waals surface area contributed by atoms with Crippen LogP contribution in [0.5, 0.6) is 0 Å². The molecule has 0 saturated carbocycles. The lowest BCUT2D eigenvalue weighted by Crippen LogP contribution is -2.22. The minimum absolute atomic E-state index is 0.229. The highest BCUT2D eigenvalue weighted by Crippen LogP contribution is 2.36. The summed E-state index contributed by atoms with van der Waals surface area (Å²) < 4.78 is 1.19. The zero-order valence-electron chi connectivity index (χ0n) is 10.3. The molecule has 1 saturated heterocycles. The van der Waals surface area contributed by atoms with Crippen molar-refractivity contribution < 1.29 is 9.90 Å². The molecule has 1 aliphatic heterocycles. The van der Waals surface area contributed by atoms with Crippen molar-refractivity contribution in [2.75, 3.05) is 13.1 Å². The molecule has 1 fully saturated rings. The molecule has 1 aromatic heterocycles. The number of rotatable bonds is 3. The quantitative estimate of drug-likeness (QED) is 0.943. The van der Waals surface area contributed by atoms with Crippen LogP contribution in [0.2, 0.25) is 5.02 Å². The number of halogens is 1. The van der Waals surface area contributed by atoms with Gasteiger partial charge in [-0.25, -0.2) is 0 Å². The number of carbonyl (C=O) groups is 1. The number of likely N-dealkylation sites (tertiary alicyclic amines) is 1. The largest absolute Gasteiger partial charge is 0.481 e. The molecule has 1 aromatic carbocycles. The molecule has 0 aliphatic carbocycles. The van der Waals surface area contributed by atoms with Crippen molar-refractivity contribution >= 4 is 39.0 Å². The topological polar surface area (TPSA) is 40.5 Å². The first kappa shape index (κ1) is 12.9. The fourth-order valence-corrected chi connectivity index (χ4v) is 4.08. The Bertz CT molecular complexity index is 625.